The van der Waals surface area contributed by atoms with Gasteiger partial charge in [-0.05, 0) is 36.4 Å². The predicted molar refractivity (Wildman–Crippen MR) is 94.0 cm³/mol. The van der Waals surface area contributed by atoms with E-state index < -0.39 is 0 Å². The third-order valence-electron chi connectivity index (χ3n) is 3.22. The molecule has 3 N–H and O–H groups in total. The molecule has 3 aromatic rings. The summed E-state index contributed by atoms with van der Waals surface area (Å²) in [5.74, 6) is 0.336. The van der Waals surface area contributed by atoms with Gasteiger partial charge >= 0.3 is 0 Å². The Morgan fingerprint density at radius 3 is 2.50 bits per heavy atom. The van der Waals surface area contributed by atoms with Crippen molar-refractivity contribution in [2.45, 2.75) is 0 Å². The number of nitrogens with zero attached hydrogens (tertiary/aromatic N) is 2. The number of carbonyl (C=O) groups excluding carboxylic acids is 1. The molecule has 0 saturated heterocycles. The maximum atomic E-state index is 12.4. The first-order chi connectivity index (χ1) is 11.6. The molecule has 0 radical (unpaired) electrons. The topological polar surface area (TPSA) is 81.1 Å². The minimum atomic E-state index is -0.373. The van der Waals surface area contributed by atoms with E-state index in [2.05, 4.69) is 10.4 Å². The highest BCUT2D eigenvalue weighted by atomic mass is 35.5. The number of carbonyl (C=O) groups is 1. The summed E-state index contributed by atoms with van der Waals surface area (Å²) >= 11 is 7.05. The summed E-state index contributed by atoms with van der Waals surface area (Å²) in [6.07, 6.45) is 0. The number of aromatic nitrogens is 2. The maximum Gasteiger partial charge on any atom is 0.283 e. The molecular formula is C16H14ClN4O2S+. The Balaban J connectivity index is 1.81. The largest absolute Gasteiger partial charge is 0.497 e. The molecule has 0 saturated carbocycles. The first kappa shape index (κ1) is 16.2. The number of ether oxygens (including phenoxy) is 1. The number of rotatable bonds is 4. The molecule has 0 aliphatic rings. The van der Waals surface area contributed by atoms with E-state index in [-0.39, 0.29) is 11.6 Å². The van der Waals surface area contributed by atoms with Gasteiger partial charge in [-0.25, -0.2) is 0 Å². The van der Waals surface area contributed by atoms with Crippen LogP contribution in [0.3, 0.4) is 0 Å². The van der Waals surface area contributed by atoms with Gasteiger partial charge in [0, 0.05) is 32.0 Å². The van der Waals surface area contributed by atoms with Gasteiger partial charge in [0.2, 0.25) is 5.69 Å². The van der Waals surface area contributed by atoms with Crippen molar-refractivity contribution in [3.05, 3.63) is 59.2 Å². The van der Waals surface area contributed by atoms with E-state index in [0.29, 0.717) is 21.5 Å². The van der Waals surface area contributed by atoms with Crippen LogP contribution in [0, 0.1) is 0 Å². The van der Waals surface area contributed by atoms with E-state index in [1.54, 1.807) is 59.7 Å². The molecule has 0 fully saturated rings. The second-order valence-corrected chi connectivity index (χ2v) is 6.24. The summed E-state index contributed by atoms with van der Waals surface area (Å²) in [6, 6.07) is 14.1. The fourth-order valence-corrected chi connectivity index (χ4v) is 2.88. The normalized spacial score (nSPS) is 10.4. The Hall–Kier alpha value is -2.64. The first-order valence-electron chi connectivity index (χ1n) is 6.97. The second-order valence-electron chi connectivity index (χ2n) is 4.84. The number of nitrogens with one attached hydrogen (secondary N) is 1. The molecular weight excluding hydrogens is 348 g/mol. The fraction of sp³-hybridized carbons (Fsp3) is 0.0625. The molecule has 8 heteroatoms. The van der Waals surface area contributed by atoms with E-state index >= 15 is 0 Å². The van der Waals surface area contributed by atoms with Crippen molar-refractivity contribution >= 4 is 39.7 Å². The predicted octanol–water partition coefficient (Wildman–Crippen LogP) is 2.92. The van der Waals surface area contributed by atoms with Gasteiger partial charge in [-0.1, -0.05) is 11.6 Å². The molecule has 0 unspecified atom stereocenters. The van der Waals surface area contributed by atoms with Crippen LogP contribution in [0.15, 0.2) is 48.5 Å². The van der Waals surface area contributed by atoms with Gasteiger partial charge in [-0.2, -0.15) is 0 Å². The average Bonchev–Trinajstić information content (AvgIpc) is 2.98. The lowest BCUT2D eigenvalue weighted by molar-refractivity contribution is -0.588. The lowest BCUT2D eigenvalue weighted by atomic mass is 10.3. The smallest absolute Gasteiger partial charge is 0.283 e. The Labute approximate surface area is 147 Å². The zero-order valence-electron chi connectivity index (χ0n) is 12.7. The Bertz CT molecular complexity index is 863. The molecule has 3 rings (SSSR count). The summed E-state index contributed by atoms with van der Waals surface area (Å²) in [4.78, 5) is 12.4. The van der Waals surface area contributed by atoms with Crippen molar-refractivity contribution in [2.75, 3.05) is 18.2 Å². The van der Waals surface area contributed by atoms with Crippen LogP contribution in [0.5, 0.6) is 5.75 Å². The van der Waals surface area contributed by atoms with E-state index in [0.717, 1.165) is 5.69 Å². The highest BCUT2D eigenvalue weighted by Crippen LogP contribution is 2.19. The molecule has 24 heavy (non-hydrogen) atoms. The van der Waals surface area contributed by atoms with Gasteiger partial charge in [-0.3, -0.25) is 4.79 Å². The van der Waals surface area contributed by atoms with Crippen LogP contribution in [-0.2, 0) is 0 Å². The van der Waals surface area contributed by atoms with Crippen molar-refractivity contribution in [1.82, 2.24) is 5.10 Å². The van der Waals surface area contributed by atoms with Crippen LogP contribution in [0.4, 0.5) is 10.7 Å². The SMILES string of the molecule is COc1ccc(NC(=O)c2n[n+](-c3ccc(Cl)cc3)sc2N)cc1. The molecule has 1 heterocycles. The van der Waals surface area contributed by atoms with E-state index in [4.69, 9.17) is 22.1 Å². The Morgan fingerprint density at radius 2 is 1.88 bits per heavy atom. The molecule has 122 valence electrons. The molecule has 0 spiro atoms. The highest BCUT2D eigenvalue weighted by Gasteiger charge is 2.24. The number of hydrogen-bond donors (Lipinski definition) is 2. The summed E-state index contributed by atoms with van der Waals surface area (Å²) < 4.78 is 6.66. The second kappa shape index (κ2) is 6.86. The summed E-state index contributed by atoms with van der Waals surface area (Å²) in [5.41, 5.74) is 7.52. The van der Waals surface area contributed by atoms with Gasteiger partial charge in [0.1, 0.15) is 5.75 Å². The number of amides is 1. The molecule has 6 nitrogen and oxygen atoms in total. The third kappa shape index (κ3) is 3.47. The van der Waals surface area contributed by atoms with Crippen LogP contribution in [-0.4, -0.2) is 18.1 Å². The van der Waals surface area contributed by atoms with Crippen molar-refractivity contribution in [3.8, 4) is 11.4 Å². The molecule has 1 amide bonds. The van der Waals surface area contributed by atoms with Crippen LogP contribution >= 0.6 is 23.1 Å². The van der Waals surface area contributed by atoms with Crippen LogP contribution in [0.25, 0.3) is 5.69 Å². The van der Waals surface area contributed by atoms with Crippen molar-refractivity contribution in [2.24, 2.45) is 0 Å². The minimum Gasteiger partial charge on any atom is -0.497 e. The first-order valence-corrected chi connectivity index (χ1v) is 8.12. The van der Waals surface area contributed by atoms with Gasteiger partial charge in [-0.15, -0.1) is 0 Å². The van der Waals surface area contributed by atoms with Crippen molar-refractivity contribution in [1.29, 1.82) is 0 Å². The lowest BCUT2D eigenvalue weighted by Gasteiger charge is -2.04. The molecule has 0 aliphatic heterocycles. The Morgan fingerprint density at radius 1 is 1.21 bits per heavy atom. The fourth-order valence-electron chi connectivity index (χ4n) is 2.00. The highest BCUT2D eigenvalue weighted by molar-refractivity contribution is 7.06. The number of nitrogen functional groups attached to an aromatic ring is 1. The molecule has 2 aromatic carbocycles. The van der Waals surface area contributed by atoms with Gasteiger partial charge < -0.3 is 15.8 Å². The number of benzene rings is 2. The van der Waals surface area contributed by atoms with Gasteiger partial charge in [0.25, 0.3) is 11.6 Å². The van der Waals surface area contributed by atoms with Crippen molar-refractivity contribution in [3.63, 3.8) is 0 Å². The van der Waals surface area contributed by atoms with E-state index in [1.165, 1.54) is 11.5 Å². The minimum absolute atomic E-state index is 0.172. The lowest BCUT2D eigenvalue weighted by Crippen LogP contribution is -2.30. The van der Waals surface area contributed by atoms with Crippen LogP contribution < -0.4 is 19.9 Å². The van der Waals surface area contributed by atoms with Gasteiger partial charge in [0.15, 0.2) is 16.5 Å². The maximum absolute atomic E-state index is 12.4. The number of anilines is 2. The number of nitrogens with two attached hydrogens (primary N) is 1. The molecule has 0 aliphatic carbocycles. The standard InChI is InChI=1S/C16H13ClN4O2S/c1-23-13-8-4-11(5-9-13)19-16(22)14-15(18)24-21(20-14)12-6-2-10(17)3-7-12/h2-9,18H,1H3,(H,19,22)/p+1. The van der Waals surface area contributed by atoms with Gasteiger partial charge in [0.05, 0.1) is 7.11 Å². The Kier molecular flexibility index (Phi) is 4.64. The average molecular weight is 362 g/mol. The third-order valence-corrected chi connectivity index (χ3v) is 4.33. The quantitative estimate of drug-likeness (QED) is 0.700. The van der Waals surface area contributed by atoms with Crippen LogP contribution in [0.2, 0.25) is 5.02 Å². The summed E-state index contributed by atoms with van der Waals surface area (Å²) in [6.45, 7) is 0. The number of hydrogen-bond acceptors (Lipinski definition) is 5. The molecule has 0 atom stereocenters. The van der Waals surface area contributed by atoms with Crippen LogP contribution in [0.1, 0.15) is 10.5 Å². The summed E-state index contributed by atoms with van der Waals surface area (Å²) in [5, 5.41) is 7.99. The molecule has 1 aromatic heterocycles. The zero-order valence-corrected chi connectivity index (χ0v) is 14.3. The van der Waals surface area contributed by atoms with E-state index in [1.807, 2.05) is 0 Å². The summed E-state index contributed by atoms with van der Waals surface area (Å²) in [7, 11) is 1.58. The van der Waals surface area contributed by atoms with Crippen molar-refractivity contribution < 1.29 is 13.6 Å². The van der Waals surface area contributed by atoms with E-state index in [9.17, 15) is 4.79 Å². The monoisotopic (exact) mass is 361 g/mol. The number of halogens is 1. The molecule has 0 bridgehead atoms. The number of methoxy groups -OCH3 is 1. The zero-order chi connectivity index (χ0) is 17.1.